The molecule has 1 aliphatic carbocycles. The van der Waals surface area contributed by atoms with Gasteiger partial charge in [-0.25, -0.2) is 4.79 Å². The molecule has 2 rings (SSSR count). The van der Waals surface area contributed by atoms with Gasteiger partial charge in [0.05, 0.1) is 11.5 Å². The minimum absolute atomic E-state index is 0.00399. The summed E-state index contributed by atoms with van der Waals surface area (Å²) >= 11 is 0. The van der Waals surface area contributed by atoms with Crippen LogP contribution in [0.5, 0.6) is 0 Å². The van der Waals surface area contributed by atoms with Gasteiger partial charge in [-0.1, -0.05) is 51.1 Å². The maximum Gasteiger partial charge on any atom is 0.338 e. The van der Waals surface area contributed by atoms with Gasteiger partial charge in [0.15, 0.2) is 20.5 Å². The summed E-state index contributed by atoms with van der Waals surface area (Å²) in [6, 6.07) is 8.60. The quantitative estimate of drug-likeness (QED) is 0.259. The Kier molecular flexibility index (Phi) is 8.42. The Bertz CT molecular complexity index is 842. The second-order valence-corrected chi connectivity index (χ2v) is 14.3. The highest BCUT2D eigenvalue weighted by atomic mass is 28.4. The number of hydrogen-bond acceptors (Lipinski definition) is 7. The molecule has 176 valence electrons. The summed E-state index contributed by atoms with van der Waals surface area (Å²) in [7, 11) is -2.26. The van der Waals surface area contributed by atoms with Crippen LogP contribution in [0.15, 0.2) is 42.5 Å². The molecule has 4 atom stereocenters. The van der Waals surface area contributed by atoms with Gasteiger partial charge in [0, 0.05) is 13.8 Å². The van der Waals surface area contributed by atoms with Crippen molar-refractivity contribution in [3.05, 3.63) is 48.0 Å². The number of hydrogen-bond donors (Lipinski definition) is 0. The van der Waals surface area contributed by atoms with E-state index in [-0.39, 0.29) is 11.6 Å². The van der Waals surface area contributed by atoms with Crippen LogP contribution in [0.3, 0.4) is 0 Å². The Morgan fingerprint density at radius 3 is 2.06 bits per heavy atom. The summed E-state index contributed by atoms with van der Waals surface area (Å²) < 4.78 is 23.2. The lowest BCUT2D eigenvalue weighted by Crippen LogP contribution is -2.55. The number of esters is 3. The zero-order chi connectivity index (χ0) is 24.1. The normalized spacial score (nSPS) is 23.3. The van der Waals surface area contributed by atoms with E-state index in [1.165, 1.54) is 13.8 Å². The van der Waals surface area contributed by atoms with Crippen molar-refractivity contribution in [2.45, 2.75) is 71.1 Å². The maximum absolute atomic E-state index is 12.9. The number of carbonyl (C=O) groups is 3. The molecule has 0 amide bonds. The molecule has 8 heteroatoms. The first-order chi connectivity index (χ1) is 14.8. The molecule has 0 radical (unpaired) electrons. The van der Waals surface area contributed by atoms with Gasteiger partial charge in [-0.3, -0.25) is 9.59 Å². The maximum atomic E-state index is 12.9. The first-order valence-corrected chi connectivity index (χ1v) is 13.7. The molecule has 0 unspecified atom stereocenters. The third-order valence-corrected chi connectivity index (χ3v) is 10.4. The summed E-state index contributed by atoms with van der Waals surface area (Å²) in [6.07, 6.45) is 1.26. The fourth-order valence-corrected chi connectivity index (χ4v) is 4.38. The van der Waals surface area contributed by atoms with Gasteiger partial charge in [0.25, 0.3) is 0 Å². The molecule has 0 N–H and O–H groups in total. The second kappa shape index (κ2) is 10.4. The predicted octanol–water partition coefficient (Wildman–Crippen LogP) is 4.28. The van der Waals surface area contributed by atoms with Crippen LogP contribution in [0.1, 0.15) is 45.0 Å². The topological polar surface area (TPSA) is 88.1 Å². The van der Waals surface area contributed by atoms with Crippen molar-refractivity contribution in [1.82, 2.24) is 0 Å². The number of ether oxygens (including phenoxy) is 3. The van der Waals surface area contributed by atoms with Crippen LogP contribution in [-0.2, 0) is 28.2 Å². The molecule has 1 aliphatic rings. The fourth-order valence-electron chi connectivity index (χ4n) is 3.14. The molecule has 0 fully saturated rings. The Balaban J connectivity index is 2.41. The average molecular weight is 463 g/mol. The van der Waals surface area contributed by atoms with Crippen molar-refractivity contribution < 1.29 is 33.0 Å². The third-order valence-electron chi connectivity index (χ3n) is 5.89. The summed E-state index contributed by atoms with van der Waals surface area (Å²) in [5.41, 5.74) is 0.381. The summed E-state index contributed by atoms with van der Waals surface area (Å²) in [5, 5.41) is -0.0830. The number of rotatable bonds is 7. The molecule has 0 aromatic heterocycles. The van der Waals surface area contributed by atoms with E-state index in [4.69, 9.17) is 18.6 Å². The Labute approximate surface area is 191 Å². The predicted molar refractivity (Wildman–Crippen MR) is 123 cm³/mol. The van der Waals surface area contributed by atoms with Crippen molar-refractivity contribution in [1.29, 1.82) is 0 Å². The van der Waals surface area contributed by atoms with E-state index >= 15 is 0 Å². The van der Waals surface area contributed by atoms with Gasteiger partial charge in [0.2, 0.25) is 0 Å². The van der Waals surface area contributed by atoms with E-state index in [9.17, 15) is 14.4 Å². The summed E-state index contributed by atoms with van der Waals surface area (Å²) in [5.74, 6) is -1.99. The molecule has 0 saturated carbocycles. The first-order valence-electron chi connectivity index (χ1n) is 10.7. The van der Waals surface area contributed by atoms with Crippen molar-refractivity contribution in [3.8, 4) is 0 Å². The molecule has 7 nitrogen and oxygen atoms in total. The largest absolute Gasteiger partial charge is 0.465 e. The Morgan fingerprint density at radius 1 is 0.906 bits per heavy atom. The average Bonchev–Trinajstić information content (AvgIpc) is 2.68. The summed E-state index contributed by atoms with van der Waals surface area (Å²) in [4.78, 5) is 36.2. The van der Waals surface area contributed by atoms with Crippen LogP contribution < -0.4 is 0 Å². The van der Waals surface area contributed by atoms with Crippen molar-refractivity contribution in [2.75, 3.05) is 6.61 Å². The molecule has 0 saturated heterocycles. The molecular formula is C24H34O7Si. The summed E-state index contributed by atoms with van der Waals surface area (Å²) in [6.45, 7) is 13.1. The van der Waals surface area contributed by atoms with Crippen LogP contribution in [0, 0.1) is 5.92 Å². The van der Waals surface area contributed by atoms with Crippen molar-refractivity contribution in [3.63, 3.8) is 0 Å². The SMILES string of the molecule is CC(=O)OC[C@H]1C=C[C@H](O[Si](C)(C)C(C)(C)C)[C@@H](OC(=O)c2ccccc2)[C@@H]1OC(C)=O. The highest BCUT2D eigenvalue weighted by Gasteiger charge is 2.47. The third kappa shape index (κ3) is 6.77. The van der Waals surface area contributed by atoms with Gasteiger partial charge >= 0.3 is 17.9 Å². The highest BCUT2D eigenvalue weighted by molar-refractivity contribution is 6.74. The van der Waals surface area contributed by atoms with Gasteiger partial charge in [0.1, 0.15) is 12.7 Å². The number of carbonyl (C=O) groups excluding carboxylic acids is 3. The van der Waals surface area contributed by atoms with Gasteiger partial charge in [-0.15, -0.1) is 0 Å². The van der Waals surface area contributed by atoms with Crippen molar-refractivity contribution >= 4 is 26.2 Å². The van der Waals surface area contributed by atoms with Crippen LogP contribution in [0.25, 0.3) is 0 Å². The van der Waals surface area contributed by atoms with Crippen LogP contribution in [0.4, 0.5) is 0 Å². The smallest absolute Gasteiger partial charge is 0.338 e. The lowest BCUT2D eigenvalue weighted by molar-refractivity contribution is -0.164. The minimum Gasteiger partial charge on any atom is -0.465 e. The first kappa shape index (κ1) is 25.8. The Hall–Kier alpha value is -2.45. The highest BCUT2D eigenvalue weighted by Crippen LogP contribution is 2.39. The van der Waals surface area contributed by atoms with Crippen molar-refractivity contribution in [2.24, 2.45) is 5.92 Å². The molecule has 1 aromatic carbocycles. The molecule has 1 aromatic rings. The fraction of sp³-hybridized carbons (Fsp3) is 0.542. The zero-order valence-corrected chi connectivity index (χ0v) is 20.9. The molecule has 0 heterocycles. The van der Waals surface area contributed by atoms with Crippen LogP contribution in [-0.4, -0.2) is 51.1 Å². The molecule has 0 aliphatic heterocycles. The minimum atomic E-state index is -2.26. The monoisotopic (exact) mass is 462 g/mol. The zero-order valence-electron chi connectivity index (χ0n) is 19.9. The van der Waals surface area contributed by atoms with E-state index in [2.05, 4.69) is 33.9 Å². The van der Waals surface area contributed by atoms with Gasteiger partial charge in [-0.2, -0.15) is 0 Å². The van der Waals surface area contributed by atoms with E-state index in [1.807, 2.05) is 6.08 Å². The van der Waals surface area contributed by atoms with E-state index in [0.717, 1.165) is 0 Å². The second-order valence-electron chi connectivity index (χ2n) is 9.50. The van der Waals surface area contributed by atoms with Crippen LogP contribution >= 0.6 is 0 Å². The van der Waals surface area contributed by atoms with Gasteiger partial charge in [-0.05, 0) is 30.3 Å². The molecular weight excluding hydrogens is 428 g/mol. The lowest BCUT2D eigenvalue weighted by atomic mass is 9.88. The molecule has 32 heavy (non-hydrogen) atoms. The van der Waals surface area contributed by atoms with E-state index in [1.54, 1.807) is 36.4 Å². The molecule has 0 bridgehead atoms. The standard InChI is InChI=1S/C24H34O7Si/c1-16(25)28-15-19-13-14-20(31-32(6,7)24(3,4)5)22(21(19)29-17(2)26)30-23(27)18-11-9-8-10-12-18/h8-14,19-22H,15H2,1-7H3/t19-,20+,21-,22-/m1/s1. The Morgan fingerprint density at radius 2 is 1.53 bits per heavy atom. The van der Waals surface area contributed by atoms with E-state index < -0.39 is 50.5 Å². The van der Waals surface area contributed by atoms with E-state index in [0.29, 0.717) is 5.56 Å². The van der Waals surface area contributed by atoms with Gasteiger partial charge < -0.3 is 18.6 Å². The van der Waals surface area contributed by atoms with Crippen LogP contribution in [0.2, 0.25) is 18.1 Å². The molecule has 0 spiro atoms. The lowest BCUT2D eigenvalue weighted by Gasteiger charge is -2.44. The number of benzene rings is 1.